The molecule has 0 aromatic rings. The zero-order chi connectivity index (χ0) is 21.3. The molecule has 2 heterocycles. The van der Waals surface area contributed by atoms with Gasteiger partial charge >= 0.3 is 11.9 Å². The van der Waals surface area contributed by atoms with Gasteiger partial charge in [-0.1, -0.05) is 18.2 Å². The van der Waals surface area contributed by atoms with Crippen LogP contribution in [0.4, 0.5) is 0 Å². The van der Waals surface area contributed by atoms with E-state index in [0.717, 1.165) is 11.9 Å². The number of epoxide rings is 1. The lowest BCUT2D eigenvalue weighted by atomic mass is 9.83. The number of carbonyl (C=O) groups excluding carboxylic acids is 3. The van der Waals surface area contributed by atoms with Gasteiger partial charge in [0.1, 0.15) is 24.6 Å². The molecule has 3 rings (SSSR count). The molecule has 0 amide bonds. The van der Waals surface area contributed by atoms with Crippen LogP contribution in [0, 0.1) is 5.92 Å². The molecule has 29 heavy (non-hydrogen) atoms. The molecular weight excluding hydrogens is 376 g/mol. The summed E-state index contributed by atoms with van der Waals surface area (Å²) in [5, 5.41) is 0. The normalized spacial score (nSPS) is 40.6. The summed E-state index contributed by atoms with van der Waals surface area (Å²) in [5.41, 5.74) is 0.529. The van der Waals surface area contributed by atoms with E-state index in [2.05, 4.69) is 6.58 Å². The molecule has 7 heteroatoms. The highest BCUT2D eigenvalue weighted by Gasteiger charge is 2.59. The number of hydrogen-bond donors (Lipinski definition) is 0. The number of ether oxygens (including phenoxy) is 4. The summed E-state index contributed by atoms with van der Waals surface area (Å²) < 4.78 is 22.6. The molecule has 0 aromatic heterocycles. The van der Waals surface area contributed by atoms with Crippen molar-refractivity contribution in [1.82, 2.24) is 0 Å². The van der Waals surface area contributed by atoms with Crippen LogP contribution < -0.4 is 0 Å². The molecule has 6 atom stereocenters. The number of esters is 2. The van der Waals surface area contributed by atoms with Crippen LogP contribution in [-0.4, -0.2) is 54.8 Å². The molecule has 7 nitrogen and oxygen atoms in total. The molecule has 0 aromatic carbocycles. The van der Waals surface area contributed by atoms with E-state index in [4.69, 9.17) is 18.9 Å². The van der Waals surface area contributed by atoms with Crippen LogP contribution in [0.25, 0.3) is 0 Å². The molecule has 2 aliphatic heterocycles. The van der Waals surface area contributed by atoms with Gasteiger partial charge in [0.2, 0.25) is 0 Å². The fraction of sp³-hybridized carbons (Fsp3) is 0.591. The Labute approximate surface area is 170 Å². The third kappa shape index (κ3) is 4.07. The van der Waals surface area contributed by atoms with Crippen molar-refractivity contribution in [1.29, 1.82) is 0 Å². The molecule has 0 N–H and O–H groups in total. The second kappa shape index (κ2) is 8.24. The first-order valence-corrected chi connectivity index (χ1v) is 9.95. The van der Waals surface area contributed by atoms with Crippen LogP contribution >= 0.6 is 0 Å². The smallest absolute Gasteiger partial charge is 0.341 e. The SMILES string of the molecule is C=C1C(=O)O[C@@H]2/C=C(/C)CC/C=C(/C=O)[C@H](OCC)[C@@H](OC(=O)[C@@]3(C)O[C@@H]3C)[C@@H]12. The summed E-state index contributed by atoms with van der Waals surface area (Å²) in [4.78, 5) is 37.0. The number of rotatable bonds is 5. The second-order valence-electron chi connectivity index (χ2n) is 7.91. The topological polar surface area (TPSA) is 91.4 Å². The third-order valence-corrected chi connectivity index (χ3v) is 5.88. The zero-order valence-corrected chi connectivity index (χ0v) is 17.3. The van der Waals surface area contributed by atoms with Gasteiger partial charge in [-0.3, -0.25) is 4.79 Å². The van der Waals surface area contributed by atoms with E-state index in [1.807, 2.05) is 13.0 Å². The number of hydrogen-bond acceptors (Lipinski definition) is 7. The van der Waals surface area contributed by atoms with Gasteiger partial charge in [0.05, 0.1) is 12.0 Å². The summed E-state index contributed by atoms with van der Waals surface area (Å²) in [6.07, 6.45) is 2.97. The Hall–Kier alpha value is -2.25. The first-order chi connectivity index (χ1) is 13.7. The summed E-state index contributed by atoms with van der Waals surface area (Å²) in [6.45, 7) is 11.3. The Morgan fingerprint density at radius 2 is 2.14 bits per heavy atom. The Balaban J connectivity index is 2.06. The van der Waals surface area contributed by atoms with E-state index in [9.17, 15) is 14.4 Å². The van der Waals surface area contributed by atoms with Crippen LogP contribution in [0.5, 0.6) is 0 Å². The summed E-state index contributed by atoms with van der Waals surface area (Å²) in [5.74, 6) is -1.77. The molecular formula is C22H28O7. The van der Waals surface area contributed by atoms with Crippen molar-refractivity contribution in [2.24, 2.45) is 5.92 Å². The zero-order valence-electron chi connectivity index (χ0n) is 17.3. The minimum Gasteiger partial charge on any atom is -0.456 e. The maximum atomic E-state index is 12.9. The highest BCUT2D eigenvalue weighted by atomic mass is 16.7. The number of carbonyl (C=O) groups is 3. The van der Waals surface area contributed by atoms with E-state index in [-0.39, 0.29) is 11.7 Å². The van der Waals surface area contributed by atoms with Gasteiger partial charge in [-0.15, -0.1) is 0 Å². The molecule has 0 radical (unpaired) electrons. The average Bonchev–Trinajstić information content (AvgIpc) is 3.20. The first-order valence-electron chi connectivity index (χ1n) is 9.95. The quantitative estimate of drug-likeness (QED) is 0.228. The lowest BCUT2D eigenvalue weighted by Gasteiger charge is -2.33. The standard InChI is InChI=1S/C22H28O7/c1-6-26-18-15(11-23)9-7-8-12(2)10-16-17(13(3)20(24)27-16)19(18)28-21(25)22(5)14(4)29-22/h9-11,14,16-19H,3,6-8H2,1-2,4-5H3/b12-10-,15-9-/t14-,16-,17+,18+,19+,22+/m1/s1. The number of aldehydes is 1. The number of fused-ring (bicyclic) bond motifs is 1. The second-order valence-corrected chi connectivity index (χ2v) is 7.91. The lowest BCUT2D eigenvalue weighted by molar-refractivity contribution is -0.166. The first kappa shape index (κ1) is 21.5. The largest absolute Gasteiger partial charge is 0.456 e. The van der Waals surface area contributed by atoms with Crippen molar-refractivity contribution in [3.05, 3.63) is 35.5 Å². The van der Waals surface area contributed by atoms with Gasteiger partial charge in [0, 0.05) is 17.8 Å². The molecule has 0 bridgehead atoms. The minimum atomic E-state index is -1.05. The molecule has 0 unspecified atom stereocenters. The van der Waals surface area contributed by atoms with Crippen molar-refractivity contribution in [2.45, 2.75) is 70.6 Å². The van der Waals surface area contributed by atoms with Crippen LogP contribution in [0.1, 0.15) is 40.5 Å². The average molecular weight is 404 g/mol. The van der Waals surface area contributed by atoms with E-state index in [1.165, 1.54) is 0 Å². The highest BCUT2D eigenvalue weighted by molar-refractivity contribution is 5.91. The predicted octanol–water partition coefficient (Wildman–Crippen LogP) is 2.44. The van der Waals surface area contributed by atoms with Gasteiger partial charge in [-0.25, -0.2) is 9.59 Å². The summed E-state index contributed by atoms with van der Waals surface area (Å²) in [7, 11) is 0. The molecule has 2 saturated heterocycles. The van der Waals surface area contributed by atoms with Crippen LogP contribution in [0.15, 0.2) is 35.5 Å². The molecule has 158 valence electrons. The van der Waals surface area contributed by atoms with E-state index in [0.29, 0.717) is 25.0 Å². The Bertz CT molecular complexity index is 780. The van der Waals surface area contributed by atoms with E-state index < -0.39 is 41.8 Å². The summed E-state index contributed by atoms with van der Waals surface area (Å²) in [6, 6.07) is 0. The minimum absolute atomic E-state index is 0.197. The van der Waals surface area contributed by atoms with E-state index >= 15 is 0 Å². The predicted molar refractivity (Wildman–Crippen MR) is 104 cm³/mol. The van der Waals surface area contributed by atoms with Crippen molar-refractivity contribution in [2.75, 3.05) is 6.61 Å². The van der Waals surface area contributed by atoms with Crippen molar-refractivity contribution >= 4 is 18.2 Å². The highest BCUT2D eigenvalue weighted by Crippen LogP contribution is 2.41. The Kier molecular flexibility index (Phi) is 6.10. The van der Waals surface area contributed by atoms with Gasteiger partial charge in [0.25, 0.3) is 0 Å². The number of allylic oxidation sites excluding steroid dienone is 2. The molecule has 0 saturated carbocycles. The fourth-order valence-electron chi connectivity index (χ4n) is 3.86. The van der Waals surface area contributed by atoms with Crippen LogP contribution in [0.3, 0.4) is 0 Å². The lowest BCUT2D eigenvalue weighted by Crippen LogP contribution is -2.46. The van der Waals surface area contributed by atoms with Gasteiger partial charge < -0.3 is 18.9 Å². The Morgan fingerprint density at radius 3 is 2.72 bits per heavy atom. The summed E-state index contributed by atoms with van der Waals surface area (Å²) >= 11 is 0. The van der Waals surface area contributed by atoms with Gasteiger partial charge in [-0.2, -0.15) is 0 Å². The maximum absolute atomic E-state index is 12.9. The third-order valence-electron chi connectivity index (χ3n) is 5.88. The van der Waals surface area contributed by atoms with Crippen molar-refractivity contribution in [3.8, 4) is 0 Å². The Morgan fingerprint density at radius 1 is 1.45 bits per heavy atom. The molecule has 2 fully saturated rings. The van der Waals surface area contributed by atoms with Crippen molar-refractivity contribution < 1.29 is 33.3 Å². The molecule has 0 spiro atoms. The van der Waals surface area contributed by atoms with Crippen molar-refractivity contribution in [3.63, 3.8) is 0 Å². The fourth-order valence-corrected chi connectivity index (χ4v) is 3.86. The van der Waals surface area contributed by atoms with Gasteiger partial charge in [-0.05, 0) is 46.6 Å². The molecule has 1 aliphatic carbocycles. The van der Waals surface area contributed by atoms with Crippen LogP contribution in [-0.2, 0) is 33.3 Å². The van der Waals surface area contributed by atoms with E-state index in [1.54, 1.807) is 26.8 Å². The van der Waals surface area contributed by atoms with Gasteiger partial charge in [0.15, 0.2) is 5.60 Å². The molecule has 3 aliphatic rings. The maximum Gasteiger partial charge on any atom is 0.341 e. The van der Waals surface area contributed by atoms with Crippen LogP contribution in [0.2, 0.25) is 0 Å². The monoisotopic (exact) mass is 404 g/mol.